The highest BCUT2D eigenvalue weighted by Gasteiger charge is 2.36. The molecule has 1 saturated heterocycles. The van der Waals surface area contributed by atoms with Gasteiger partial charge in [0.25, 0.3) is 11.1 Å². The number of thioether (sulfide) groups is 1. The Bertz CT molecular complexity index is 883. The molecule has 0 atom stereocenters. The highest BCUT2D eigenvalue weighted by Crippen LogP contribution is 2.32. The molecule has 3 rings (SSSR count). The molecule has 2 aromatic rings. The van der Waals surface area contributed by atoms with Crippen LogP contribution in [-0.4, -0.2) is 28.5 Å². The normalized spacial score (nSPS) is 15.8. The number of nitrogens with zero attached hydrogens (tertiary/aromatic N) is 1. The van der Waals surface area contributed by atoms with Gasteiger partial charge >= 0.3 is 0 Å². The summed E-state index contributed by atoms with van der Waals surface area (Å²) >= 11 is 0.802. The molecule has 3 amide bonds. The van der Waals surface area contributed by atoms with Gasteiger partial charge in [0.15, 0.2) is 0 Å². The minimum Gasteiger partial charge on any atom is -0.462 e. The lowest BCUT2D eigenvalue weighted by atomic mass is 10.1. The zero-order valence-electron chi connectivity index (χ0n) is 14.4. The first kappa shape index (κ1) is 18.0. The number of amides is 3. The number of imide groups is 1. The first-order valence-corrected chi connectivity index (χ1v) is 8.88. The molecule has 2 heterocycles. The highest BCUT2D eigenvalue weighted by molar-refractivity contribution is 8.18. The SMILES string of the molecule is Cc1ccc(CNC(=O)CN2C(=O)S/C(=C\c3ccc(C)o3)C2=O)cc1. The van der Waals surface area contributed by atoms with Crippen molar-refractivity contribution in [2.75, 3.05) is 6.54 Å². The number of benzene rings is 1. The van der Waals surface area contributed by atoms with Crippen molar-refractivity contribution in [1.82, 2.24) is 10.2 Å². The molecule has 0 unspecified atom stereocenters. The lowest BCUT2D eigenvalue weighted by Gasteiger charge is -2.12. The number of rotatable bonds is 5. The summed E-state index contributed by atoms with van der Waals surface area (Å²) in [5.41, 5.74) is 2.09. The zero-order valence-corrected chi connectivity index (χ0v) is 15.3. The van der Waals surface area contributed by atoms with E-state index in [-0.39, 0.29) is 17.4 Å². The molecular weight excluding hydrogens is 352 g/mol. The van der Waals surface area contributed by atoms with Crippen molar-refractivity contribution in [2.24, 2.45) is 0 Å². The van der Waals surface area contributed by atoms with Crippen LogP contribution in [0.15, 0.2) is 45.7 Å². The summed E-state index contributed by atoms with van der Waals surface area (Å²) in [6.45, 7) is 3.82. The van der Waals surface area contributed by atoms with Gasteiger partial charge in [-0.1, -0.05) is 29.8 Å². The molecule has 0 saturated carbocycles. The molecule has 1 aromatic carbocycles. The van der Waals surface area contributed by atoms with Crippen molar-refractivity contribution in [2.45, 2.75) is 20.4 Å². The molecule has 1 N–H and O–H groups in total. The molecule has 0 radical (unpaired) electrons. The van der Waals surface area contributed by atoms with Gasteiger partial charge in [-0.25, -0.2) is 0 Å². The number of hydrogen-bond donors (Lipinski definition) is 1. The number of carbonyl (C=O) groups excluding carboxylic acids is 3. The van der Waals surface area contributed by atoms with Gasteiger partial charge in [0.2, 0.25) is 5.91 Å². The molecular formula is C19H18N2O4S. The van der Waals surface area contributed by atoms with Gasteiger partial charge in [-0.2, -0.15) is 0 Å². The molecule has 6 nitrogen and oxygen atoms in total. The summed E-state index contributed by atoms with van der Waals surface area (Å²) in [4.78, 5) is 37.7. The van der Waals surface area contributed by atoms with Gasteiger partial charge in [0.05, 0.1) is 4.91 Å². The quantitative estimate of drug-likeness (QED) is 0.818. The van der Waals surface area contributed by atoms with Crippen molar-refractivity contribution in [1.29, 1.82) is 0 Å². The van der Waals surface area contributed by atoms with Gasteiger partial charge in [-0.05, 0) is 43.3 Å². The molecule has 1 aliphatic rings. The predicted octanol–water partition coefficient (Wildman–Crippen LogP) is 3.25. The molecule has 1 aromatic heterocycles. The highest BCUT2D eigenvalue weighted by atomic mass is 32.2. The molecule has 1 aliphatic heterocycles. The number of hydrogen-bond acceptors (Lipinski definition) is 5. The fourth-order valence-corrected chi connectivity index (χ4v) is 3.22. The second kappa shape index (κ2) is 7.61. The Morgan fingerprint density at radius 2 is 1.88 bits per heavy atom. The summed E-state index contributed by atoms with van der Waals surface area (Å²) in [5, 5.41) is 2.26. The molecule has 0 spiro atoms. The maximum Gasteiger partial charge on any atom is 0.294 e. The van der Waals surface area contributed by atoms with E-state index in [1.165, 1.54) is 6.08 Å². The second-order valence-corrected chi connectivity index (χ2v) is 6.97. The van der Waals surface area contributed by atoms with Gasteiger partial charge in [0.1, 0.15) is 18.1 Å². The van der Waals surface area contributed by atoms with E-state index in [4.69, 9.17) is 4.42 Å². The molecule has 1 fully saturated rings. The van der Waals surface area contributed by atoms with Crippen molar-refractivity contribution in [3.8, 4) is 0 Å². The third kappa shape index (κ3) is 4.23. The van der Waals surface area contributed by atoms with E-state index in [9.17, 15) is 14.4 Å². The van der Waals surface area contributed by atoms with Gasteiger partial charge in [-0.15, -0.1) is 0 Å². The summed E-state index contributed by atoms with van der Waals surface area (Å²) in [7, 11) is 0. The first-order chi connectivity index (χ1) is 12.4. The lowest BCUT2D eigenvalue weighted by molar-refractivity contribution is -0.129. The molecule has 26 heavy (non-hydrogen) atoms. The standard InChI is InChI=1S/C19H18N2O4S/c1-12-3-6-14(7-4-12)10-20-17(22)11-21-18(23)16(26-19(21)24)9-15-8-5-13(2)25-15/h3-9H,10-11H2,1-2H3,(H,20,22)/b16-9-. The summed E-state index contributed by atoms with van der Waals surface area (Å²) in [6, 6.07) is 11.2. The monoisotopic (exact) mass is 370 g/mol. The van der Waals surface area contributed by atoms with Crippen LogP contribution in [0.4, 0.5) is 4.79 Å². The van der Waals surface area contributed by atoms with E-state index < -0.39 is 11.1 Å². The Hall–Kier alpha value is -2.80. The Kier molecular flexibility index (Phi) is 5.27. The molecule has 0 bridgehead atoms. The van der Waals surface area contributed by atoms with E-state index >= 15 is 0 Å². The zero-order chi connectivity index (χ0) is 18.7. The lowest BCUT2D eigenvalue weighted by Crippen LogP contribution is -2.39. The molecule has 7 heteroatoms. The Morgan fingerprint density at radius 1 is 1.15 bits per heavy atom. The van der Waals surface area contributed by atoms with Crippen LogP contribution in [-0.2, 0) is 16.1 Å². The third-order valence-corrected chi connectivity index (χ3v) is 4.73. The van der Waals surface area contributed by atoms with Gasteiger partial charge < -0.3 is 9.73 Å². The minimum atomic E-state index is -0.487. The van der Waals surface area contributed by atoms with Crippen molar-refractivity contribution in [3.63, 3.8) is 0 Å². The molecule has 134 valence electrons. The van der Waals surface area contributed by atoms with Crippen molar-refractivity contribution >= 4 is 34.9 Å². The van der Waals surface area contributed by atoms with Gasteiger partial charge in [0, 0.05) is 12.6 Å². The van der Waals surface area contributed by atoms with E-state index in [2.05, 4.69) is 5.32 Å². The third-order valence-electron chi connectivity index (χ3n) is 3.82. The van der Waals surface area contributed by atoms with E-state index in [0.717, 1.165) is 27.8 Å². The number of furan rings is 1. The largest absolute Gasteiger partial charge is 0.462 e. The number of carbonyl (C=O) groups is 3. The summed E-state index contributed by atoms with van der Waals surface area (Å²) in [6.07, 6.45) is 1.52. The minimum absolute atomic E-state index is 0.246. The fraction of sp³-hybridized carbons (Fsp3) is 0.211. The second-order valence-electron chi connectivity index (χ2n) is 5.98. The topological polar surface area (TPSA) is 79.6 Å². The Morgan fingerprint density at radius 3 is 2.54 bits per heavy atom. The van der Waals surface area contributed by atoms with E-state index in [1.54, 1.807) is 19.1 Å². The Labute approximate surface area is 155 Å². The smallest absolute Gasteiger partial charge is 0.294 e. The average Bonchev–Trinajstić information content (AvgIpc) is 3.13. The van der Waals surface area contributed by atoms with Crippen LogP contribution in [0.2, 0.25) is 0 Å². The van der Waals surface area contributed by atoms with Crippen molar-refractivity contribution in [3.05, 3.63) is 64.0 Å². The van der Waals surface area contributed by atoms with Crippen LogP contribution in [0, 0.1) is 13.8 Å². The summed E-state index contributed by atoms with van der Waals surface area (Å²) in [5.74, 6) is 0.338. The maximum atomic E-state index is 12.4. The maximum absolute atomic E-state index is 12.4. The van der Waals surface area contributed by atoms with Gasteiger partial charge in [-0.3, -0.25) is 19.3 Å². The number of aryl methyl sites for hydroxylation is 2. The van der Waals surface area contributed by atoms with Crippen LogP contribution in [0.3, 0.4) is 0 Å². The predicted molar refractivity (Wildman–Crippen MR) is 99.1 cm³/mol. The fourth-order valence-electron chi connectivity index (χ4n) is 2.40. The summed E-state index contributed by atoms with van der Waals surface area (Å²) < 4.78 is 5.39. The van der Waals surface area contributed by atoms with Crippen LogP contribution in [0.1, 0.15) is 22.6 Å². The van der Waals surface area contributed by atoms with Crippen LogP contribution in [0.25, 0.3) is 6.08 Å². The van der Waals surface area contributed by atoms with E-state index in [0.29, 0.717) is 18.1 Å². The van der Waals surface area contributed by atoms with E-state index in [1.807, 2.05) is 31.2 Å². The van der Waals surface area contributed by atoms with Crippen LogP contribution < -0.4 is 5.32 Å². The first-order valence-electron chi connectivity index (χ1n) is 8.06. The van der Waals surface area contributed by atoms with Crippen LogP contribution >= 0.6 is 11.8 Å². The average molecular weight is 370 g/mol. The Balaban J connectivity index is 1.59. The van der Waals surface area contributed by atoms with Crippen molar-refractivity contribution < 1.29 is 18.8 Å². The number of nitrogens with one attached hydrogen (secondary N) is 1. The van der Waals surface area contributed by atoms with Crippen LogP contribution in [0.5, 0.6) is 0 Å². The molecule has 0 aliphatic carbocycles.